The number of alkyl halides is 3. The van der Waals surface area contributed by atoms with Crippen molar-refractivity contribution in [3.8, 4) is 5.75 Å². The van der Waals surface area contributed by atoms with Gasteiger partial charge in [0.15, 0.2) is 0 Å². The molecule has 6 heteroatoms. The van der Waals surface area contributed by atoms with Crippen LogP contribution in [0.25, 0.3) is 5.70 Å². The lowest BCUT2D eigenvalue weighted by molar-refractivity contribution is -0.274. The fourth-order valence-electron chi connectivity index (χ4n) is 1.70. The van der Waals surface area contributed by atoms with Crippen molar-refractivity contribution in [3.63, 3.8) is 0 Å². The van der Waals surface area contributed by atoms with E-state index >= 15 is 0 Å². The van der Waals surface area contributed by atoms with Gasteiger partial charge in [-0.2, -0.15) is 0 Å². The van der Waals surface area contributed by atoms with Crippen LogP contribution in [0.2, 0.25) is 0 Å². The van der Waals surface area contributed by atoms with E-state index in [2.05, 4.69) is 16.6 Å². The van der Waals surface area contributed by atoms with E-state index in [0.29, 0.717) is 0 Å². The Kier molecular flexibility index (Phi) is 6.10. The topological polar surface area (TPSA) is 24.5 Å². The van der Waals surface area contributed by atoms with Crippen LogP contribution in [-0.4, -0.2) is 18.3 Å². The molecule has 0 atom stereocenters. The Morgan fingerprint density at radius 2 is 1.86 bits per heavy atom. The fraction of sp³-hybridized carbons (Fsp3) is 0.250. The second-order valence-electron chi connectivity index (χ2n) is 4.49. The van der Waals surface area contributed by atoms with E-state index in [4.69, 9.17) is 0 Å². The van der Waals surface area contributed by atoms with Gasteiger partial charge in [-0.1, -0.05) is 12.7 Å². The van der Waals surface area contributed by atoms with Crippen LogP contribution in [0.3, 0.4) is 0 Å². The van der Waals surface area contributed by atoms with Crippen LogP contribution >= 0.6 is 0 Å². The molecular weight excluding hydrogens is 293 g/mol. The summed E-state index contributed by atoms with van der Waals surface area (Å²) in [4.78, 5) is 1.81. The number of allylic oxidation sites excluding steroid dienone is 2. The minimum absolute atomic E-state index is 0.253. The molecule has 0 radical (unpaired) electrons. The Hall–Kier alpha value is -2.37. The molecule has 1 N–H and O–H groups in total. The van der Waals surface area contributed by atoms with Gasteiger partial charge in [-0.15, -0.1) is 13.2 Å². The third kappa shape index (κ3) is 5.55. The van der Waals surface area contributed by atoms with Crippen LogP contribution in [-0.2, 0) is 0 Å². The van der Waals surface area contributed by atoms with Gasteiger partial charge in [0.2, 0.25) is 0 Å². The smallest absolute Gasteiger partial charge is 0.406 e. The average molecular weight is 312 g/mol. The molecular formula is C16H19F3N2O. The largest absolute Gasteiger partial charge is 0.573 e. The summed E-state index contributed by atoms with van der Waals surface area (Å²) in [6.07, 6.45) is 0.813. The minimum atomic E-state index is -4.69. The summed E-state index contributed by atoms with van der Waals surface area (Å²) in [6.45, 7) is 7.60. The highest BCUT2D eigenvalue weighted by molar-refractivity contribution is 5.64. The van der Waals surface area contributed by atoms with E-state index in [-0.39, 0.29) is 5.75 Å². The minimum Gasteiger partial charge on any atom is -0.406 e. The van der Waals surface area contributed by atoms with E-state index < -0.39 is 6.36 Å². The molecule has 0 saturated heterocycles. The summed E-state index contributed by atoms with van der Waals surface area (Å²) >= 11 is 0. The molecule has 1 rings (SSSR count). The maximum absolute atomic E-state index is 12.1. The first-order chi connectivity index (χ1) is 10.3. The number of hydrogen-bond acceptors (Lipinski definition) is 3. The van der Waals surface area contributed by atoms with Crippen molar-refractivity contribution in [2.24, 2.45) is 0 Å². The van der Waals surface area contributed by atoms with E-state index in [1.807, 2.05) is 37.2 Å². The monoisotopic (exact) mass is 312 g/mol. The maximum Gasteiger partial charge on any atom is 0.573 e. The summed E-state index contributed by atoms with van der Waals surface area (Å²) < 4.78 is 40.3. The number of benzene rings is 1. The highest BCUT2D eigenvalue weighted by atomic mass is 19.4. The second kappa shape index (κ2) is 7.59. The quantitative estimate of drug-likeness (QED) is 0.838. The zero-order chi connectivity index (χ0) is 16.8. The molecule has 0 aliphatic carbocycles. The number of nitrogens with zero attached hydrogens (tertiary/aromatic N) is 1. The molecule has 0 heterocycles. The molecule has 0 saturated carbocycles. The van der Waals surface area contributed by atoms with Gasteiger partial charge in [0, 0.05) is 25.1 Å². The summed E-state index contributed by atoms with van der Waals surface area (Å²) in [7, 11) is 1.73. The van der Waals surface area contributed by atoms with Gasteiger partial charge < -0.3 is 15.0 Å². The summed E-state index contributed by atoms with van der Waals surface area (Å²) in [5.41, 5.74) is 2.27. The number of ether oxygens (including phenoxy) is 1. The van der Waals surface area contributed by atoms with Crippen LogP contribution in [0.1, 0.15) is 19.4 Å². The Morgan fingerprint density at radius 3 is 2.27 bits per heavy atom. The van der Waals surface area contributed by atoms with Crippen LogP contribution in [0.5, 0.6) is 5.75 Å². The number of nitrogens with one attached hydrogen (secondary N) is 1. The van der Waals surface area contributed by atoms with Gasteiger partial charge in [0.1, 0.15) is 5.75 Å². The second-order valence-corrected chi connectivity index (χ2v) is 4.49. The lowest BCUT2D eigenvalue weighted by Crippen LogP contribution is -2.17. The highest BCUT2D eigenvalue weighted by Gasteiger charge is 2.30. The molecule has 0 bridgehead atoms. The van der Waals surface area contributed by atoms with Gasteiger partial charge in [-0.25, -0.2) is 0 Å². The van der Waals surface area contributed by atoms with Crippen molar-refractivity contribution in [1.29, 1.82) is 0 Å². The lowest BCUT2D eigenvalue weighted by Gasteiger charge is -2.18. The Morgan fingerprint density at radius 1 is 1.27 bits per heavy atom. The lowest BCUT2D eigenvalue weighted by atomic mass is 10.1. The first-order valence-corrected chi connectivity index (χ1v) is 6.59. The molecule has 0 unspecified atom stereocenters. The number of rotatable bonds is 6. The van der Waals surface area contributed by atoms with Gasteiger partial charge in [-0.3, -0.25) is 0 Å². The van der Waals surface area contributed by atoms with Crippen LogP contribution in [0, 0.1) is 0 Å². The third-order valence-electron chi connectivity index (χ3n) is 2.69. The van der Waals surface area contributed by atoms with Gasteiger partial charge in [0.05, 0.1) is 5.70 Å². The fourth-order valence-corrected chi connectivity index (χ4v) is 1.70. The highest BCUT2D eigenvalue weighted by Crippen LogP contribution is 2.24. The summed E-state index contributed by atoms with van der Waals surface area (Å²) in [6, 6.07) is 5.65. The van der Waals surface area contributed by atoms with Crippen molar-refractivity contribution in [2.75, 3.05) is 7.05 Å². The molecule has 0 amide bonds. The van der Waals surface area contributed by atoms with Crippen molar-refractivity contribution < 1.29 is 17.9 Å². The Balaban J connectivity index is 3.02. The predicted molar refractivity (Wildman–Crippen MR) is 81.6 cm³/mol. The molecule has 0 spiro atoms. The molecule has 3 nitrogen and oxygen atoms in total. The predicted octanol–water partition coefficient (Wildman–Crippen LogP) is 4.47. The van der Waals surface area contributed by atoms with Gasteiger partial charge >= 0.3 is 6.36 Å². The van der Waals surface area contributed by atoms with Crippen molar-refractivity contribution in [1.82, 2.24) is 10.2 Å². The third-order valence-corrected chi connectivity index (χ3v) is 2.69. The van der Waals surface area contributed by atoms with Gasteiger partial charge in [0.25, 0.3) is 0 Å². The Bertz CT molecular complexity index is 560. The molecule has 0 fully saturated rings. The van der Waals surface area contributed by atoms with E-state index in [0.717, 1.165) is 17.0 Å². The van der Waals surface area contributed by atoms with Crippen molar-refractivity contribution in [2.45, 2.75) is 20.2 Å². The summed E-state index contributed by atoms with van der Waals surface area (Å²) in [5, 5.41) is 3.01. The summed E-state index contributed by atoms with van der Waals surface area (Å²) in [5.74, 6) is -0.253. The van der Waals surface area contributed by atoms with Crippen LogP contribution < -0.4 is 10.1 Å². The van der Waals surface area contributed by atoms with Crippen molar-refractivity contribution >= 4 is 5.70 Å². The SMILES string of the molecule is C=C(C)N(/C=C\C)/C=C(\NC)c1ccc(OC(F)(F)F)cc1. The van der Waals surface area contributed by atoms with Crippen LogP contribution in [0.15, 0.2) is 55.0 Å². The van der Waals surface area contributed by atoms with E-state index in [9.17, 15) is 13.2 Å². The van der Waals surface area contributed by atoms with Gasteiger partial charge in [-0.05, 0) is 43.7 Å². The zero-order valence-electron chi connectivity index (χ0n) is 12.7. The number of hydrogen-bond donors (Lipinski definition) is 1. The molecule has 22 heavy (non-hydrogen) atoms. The Labute approximate surface area is 128 Å². The van der Waals surface area contributed by atoms with Crippen LogP contribution in [0.4, 0.5) is 13.2 Å². The molecule has 0 aliphatic rings. The zero-order valence-corrected chi connectivity index (χ0v) is 12.7. The van der Waals surface area contributed by atoms with Crippen molar-refractivity contribution in [3.05, 3.63) is 60.6 Å². The first-order valence-electron chi connectivity index (χ1n) is 6.59. The first kappa shape index (κ1) is 17.7. The average Bonchev–Trinajstić information content (AvgIpc) is 2.42. The molecule has 1 aromatic carbocycles. The normalized spacial score (nSPS) is 12.4. The van der Waals surface area contributed by atoms with E-state index in [1.165, 1.54) is 12.1 Å². The number of halogens is 3. The molecule has 0 aliphatic heterocycles. The maximum atomic E-state index is 12.1. The molecule has 120 valence electrons. The molecule has 0 aromatic heterocycles. The van der Waals surface area contributed by atoms with E-state index in [1.54, 1.807) is 19.2 Å². The molecule has 1 aromatic rings. The standard InChI is InChI=1S/C16H19F3N2O/c1-5-10-21(12(2)3)11-15(20-4)13-6-8-14(9-7-13)22-16(17,18)19/h5-11,20H,2H2,1,3-4H3/b10-5-,15-11-.